The largest absolute Gasteiger partial charge is 0.324 e. The fraction of sp³-hybridized carbons (Fsp3) is 0.150. The third-order valence-corrected chi connectivity index (χ3v) is 5.05. The van der Waals surface area contributed by atoms with E-state index < -0.39 is 17.0 Å². The summed E-state index contributed by atoms with van der Waals surface area (Å²) in [5.74, 6) is -1.79. The van der Waals surface area contributed by atoms with Crippen LogP contribution in [-0.4, -0.2) is 23.0 Å². The summed E-state index contributed by atoms with van der Waals surface area (Å²) < 4.78 is 13.6. The quantitative estimate of drug-likeness (QED) is 0.674. The molecule has 3 N–H and O–H groups in total. The van der Waals surface area contributed by atoms with Crippen LogP contribution in [0.4, 0.5) is 15.8 Å². The van der Waals surface area contributed by atoms with Gasteiger partial charge in [-0.05, 0) is 31.2 Å². The van der Waals surface area contributed by atoms with E-state index in [9.17, 15) is 18.8 Å². The minimum absolute atomic E-state index is 0.0594. The number of carbonyl (C=O) groups excluding carboxylic acids is 3. The van der Waals surface area contributed by atoms with E-state index in [4.69, 9.17) is 0 Å². The highest BCUT2D eigenvalue weighted by Crippen LogP contribution is 2.29. The maximum absolute atomic E-state index is 13.6. The average molecular weight is 399 g/mol. The monoisotopic (exact) mass is 399 g/mol. The first-order valence-corrected chi connectivity index (χ1v) is 9.40. The van der Waals surface area contributed by atoms with Crippen LogP contribution in [0.1, 0.15) is 12.0 Å². The van der Waals surface area contributed by atoms with E-state index in [1.807, 2.05) is 19.1 Å². The van der Waals surface area contributed by atoms with Crippen molar-refractivity contribution in [1.82, 2.24) is 5.32 Å². The number of hydrogen-bond acceptors (Lipinski definition) is 4. The normalized spacial score (nSPS) is 17.3. The molecule has 1 saturated heterocycles. The van der Waals surface area contributed by atoms with Crippen molar-refractivity contribution in [3.8, 4) is 0 Å². The Morgan fingerprint density at radius 2 is 1.86 bits per heavy atom. The highest BCUT2D eigenvalue weighted by molar-refractivity contribution is 8.04. The zero-order valence-corrected chi connectivity index (χ0v) is 15.8. The summed E-state index contributed by atoms with van der Waals surface area (Å²) in [5, 5.41) is 7.40. The van der Waals surface area contributed by atoms with Crippen molar-refractivity contribution in [3.05, 3.63) is 71.0 Å². The van der Waals surface area contributed by atoms with E-state index in [1.165, 1.54) is 24.3 Å². The van der Waals surface area contributed by atoms with Gasteiger partial charge in [0.2, 0.25) is 11.8 Å². The zero-order chi connectivity index (χ0) is 20.1. The van der Waals surface area contributed by atoms with Crippen LogP contribution in [0, 0.1) is 12.7 Å². The molecule has 6 nitrogen and oxygen atoms in total. The molecule has 3 amide bonds. The molecule has 0 aliphatic carbocycles. The number of nitrogens with one attached hydrogen (secondary N) is 3. The number of anilines is 2. The molecule has 8 heteroatoms. The average Bonchev–Trinajstić information content (AvgIpc) is 2.97. The van der Waals surface area contributed by atoms with Gasteiger partial charge in [-0.15, -0.1) is 0 Å². The van der Waals surface area contributed by atoms with Gasteiger partial charge >= 0.3 is 0 Å². The van der Waals surface area contributed by atoms with Gasteiger partial charge in [0.1, 0.15) is 5.82 Å². The van der Waals surface area contributed by atoms with Crippen LogP contribution in [0.25, 0.3) is 0 Å². The highest BCUT2D eigenvalue weighted by atomic mass is 32.2. The van der Waals surface area contributed by atoms with Crippen LogP contribution in [0.15, 0.2) is 59.6 Å². The molecule has 3 rings (SSSR count). The molecule has 0 radical (unpaired) electrons. The third-order valence-electron chi connectivity index (χ3n) is 3.91. The Labute approximate surface area is 165 Å². The Balaban J connectivity index is 1.56. The molecule has 1 atom stereocenters. The van der Waals surface area contributed by atoms with Gasteiger partial charge in [0, 0.05) is 18.2 Å². The minimum Gasteiger partial charge on any atom is -0.324 e. The fourth-order valence-corrected chi connectivity index (χ4v) is 3.55. The molecular formula is C20H18FN3O3S. The van der Waals surface area contributed by atoms with Crippen molar-refractivity contribution in [2.75, 3.05) is 10.6 Å². The smallest absolute Gasteiger partial charge is 0.250 e. The van der Waals surface area contributed by atoms with E-state index in [0.29, 0.717) is 10.7 Å². The van der Waals surface area contributed by atoms with Crippen molar-refractivity contribution >= 4 is 40.9 Å². The maximum atomic E-state index is 13.6. The van der Waals surface area contributed by atoms with Gasteiger partial charge in [-0.1, -0.05) is 41.6 Å². The second-order valence-electron chi connectivity index (χ2n) is 6.19. The summed E-state index contributed by atoms with van der Waals surface area (Å²) in [5.41, 5.74) is 1.78. The molecule has 28 heavy (non-hydrogen) atoms. The molecule has 0 aromatic heterocycles. The Hall–Kier alpha value is -3.13. The van der Waals surface area contributed by atoms with E-state index in [-0.39, 0.29) is 23.9 Å². The molecule has 0 unspecified atom stereocenters. The van der Waals surface area contributed by atoms with E-state index in [0.717, 1.165) is 17.3 Å². The Bertz CT molecular complexity index is 944. The standard InChI is InChI=1S/C20H18FN3O3S/c1-12-6-8-13(9-7-12)22-18(26)11-19-24-20(27)16(28-19)10-17(25)23-15-5-3-2-4-14(15)21/h2-9,11,16H,10H2,1H3,(H,22,26)(H,23,25)(H,24,27)/b19-11-/t16-/m1/s1. The van der Waals surface area contributed by atoms with Gasteiger partial charge in [0.25, 0.3) is 5.91 Å². The molecule has 0 spiro atoms. The highest BCUT2D eigenvalue weighted by Gasteiger charge is 2.31. The van der Waals surface area contributed by atoms with Crippen LogP contribution in [0.5, 0.6) is 0 Å². The molecule has 2 aromatic rings. The predicted octanol–water partition coefficient (Wildman–Crippen LogP) is 3.17. The van der Waals surface area contributed by atoms with Gasteiger partial charge in [-0.3, -0.25) is 14.4 Å². The van der Waals surface area contributed by atoms with E-state index in [1.54, 1.807) is 18.2 Å². The lowest BCUT2D eigenvalue weighted by Gasteiger charge is -2.08. The number of thioether (sulfide) groups is 1. The predicted molar refractivity (Wildman–Crippen MR) is 107 cm³/mol. The first kappa shape index (κ1) is 19.6. The first-order valence-electron chi connectivity index (χ1n) is 8.52. The van der Waals surface area contributed by atoms with Gasteiger partial charge in [-0.25, -0.2) is 4.39 Å². The molecule has 1 heterocycles. The van der Waals surface area contributed by atoms with Crippen molar-refractivity contribution in [1.29, 1.82) is 0 Å². The molecule has 1 aliphatic rings. The number of aryl methyl sites for hydroxylation is 1. The first-order chi connectivity index (χ1) is 13.4. The Morgan fingerprint density at radius 3 is 2.57 bits per heavy atom. The second-order valence-corrected chi connectivity index (χ2v) is 7.44. The molecule has 1 fully saturated rings. The fourth-order valence-electron chi connectivity index (χ4n) is 2.51. The van der Waals surface area contributed by atoms with Crippen LogP contribution in [0.3, 0.4) is 0 Å². The minimum atomic E-state index is -0.690. The van der Waals surface area contributed by atoms with Crippen molar-refractivity contribution in [3.63, 3.8) is 0 Å². The summed E-state index contributed by atoms with van der Waals surface area (Å²) in [7, 11) is 0. The molecule has 1 aliphatic heterocycles. The number of hydrogen-bond donors (Lipinski definition) is 3. The molecule has 0 bridgehead atoms. The summed E-state index contributed by atoms with van der Waals surface area (Å²) in [6.07, 6.45) is 1.14. The lowest BCUT2D eigenvalue weighted by Crippen LogP contribution is -2.27. The number of para-hydroxylation sites is 1. The number of amides is 3. The molecule has 0 saturated carbocycles. The topological polar surface area (TPSA) is 87.3 Å². The maximum Gasteiger partial charge on any atom is 0.250 e. The van der Waals surface area contributed by atoms with Crippen LogP contribution < -0.4 is 16.0 Å². The second kappa shape index (κ2) is 8.71. The lowest BCUT2D eigenvalue weighted by molar-refractivity contribution is -0.122. The summed E-state index contributed by atoms with van der Waals surface area (Å²) in [6.45, 7) is 1.95. The number of halogens is 1. The van der Waals surface area contributed by atoms with E-state index >= 15 is 0 Å². The number of rotatable bonds is 5. The van der Waals surface area contributed by atoms with Crippen LogP contribution in [-0.2, 0) is 14.4 Å². The SMILES string of the molecule is Cc1ccc(NC(=O)/C=C2/NC(=O)[C@@H](CC(=O)Nc3ccccc3F)S2)cc1. The summed E-state index contributed by atoms with van der Waals surface area (Å²) in [6, 6.07) is 13.1. The van der Waals surface area contributed by atoms with Crippen LogP contribution >= 0.6 is 11.8 Å². The van der Waals surface area contributed by atoms with Crippen LogP contribution in [0.2, 0.25) is 0 Å². The Morgan fingerprint density at radius 1 is 1.14 bits per heavy atom. The summed E-state index contributed by atoms with van der Waals surface area (Å²) >= 11 is 1.09. The zero-order valence-electron chi connectivity index (χ0n) is 15.0. The van der Waals surface area contributed by atoms with E-state index in [2.05, 4.69) is 16.0 Å². The lowest BCUT2D eigenvalue weighted by atomic mass is 10.2. The van der Waals surface area contributed by atoms with Gasteiger partial charge in [0.15, 0.2) is 0 Å². The van der Waals surface area contributed by atoms with Crippen molar-refractivity contribution in [2.45, 2.75) is 18.6 Å². The summed E-state index contributed by atoms with van der Waals surface area (Å²) in [4.78, 5) is 36.2. The Kier molecular flexibility index (Phi) is 6.10. The third kappa shape index (κ3) is 5.20. The van der Waals surface area contributed by atoms with Gasteiger partial charge < -0.3 is 16.0 Å². The molecule has 144 valence electrons. The number of benzene rings is 2. The van der Waals surface area contributed by atoms with Gasteiger partial charge in [0.05, 0.1) is 16.0 Å². The van der Waals surface area contributed by atoms with Crippen molar-refractivity contribution < 1.29 is 18.8 Å². The molecular weight excluding hydrogens is 381 g/mol. The molecule has 2 aromatic carbocycles. The van der Waals surface area contributed by atoms with Crippen molar-refractivity contribution in [2.24, 2.45) is 0 Å². The number of carbonyl (C=O) groups is 3. The van der Waals surface area contributed by atoms with Gasteiger partial charge in [-0.2, -0.15) is 0 Å².